The maximum atomic E-state index is 10.6. The fourth-order valence-electron chi connectivity index (χ4n) is 1.58. The molecule has 13 heavy (non-hydrogen) atoms. The highest BCUT2D eigenvalue weighted by Crippen LogP contribution is 2.25. The first-order valence-corrected chi connectivity index (χ1v) is 5.35. The molecule has 2 nitrogen and oxygen atoms in total. The van der Waals surface area contributed by atoms with Crippen LogP contribution in [0.5, 0.6) is 0 Å². The number of rotatable bonds is 1. The van der Waals surface area contributed by atoms with E-state index < -0.39 is 0 Å². The van der Waals surface area contributed by atoms with Gasteiger partial charge in [-0.2, -0.15) is 0 Å². The normalized spacial score (nSPS) is 27.1. The van der Waals surface area contributed by atoms with E-state index in [0.29, 0.717) is 0 Å². The number of esters is 1. The van der Waals surface area contributed by atoms with E-state index >= 15 is 0 Å². The lowest BCUT2D eigenvalue weighted by Crippen LogP contribution is -2.22. The first kappa shape index (κ1) is 12.5. The van der Waals surface area contributed by atoms with Crippen molar-refractivity contribution in [3.8, 4) is 0 Å². The number of carbonyl (C=O) groups excluding carboxylic acids is 1. The van der Waals surface area contributed by atoms with Crippen molar-refractivity contribution in [3.63, 3.8) is 0 Å². The SMILES string of the molecule is CC.CC(=O)OC1CCC(C)CC1. The van der Waals surface area contributed by atoms with E-state index in [0.717, 1.165) is 18.8 Å². The minimum Gasteiger partial charge on any atom is -0.463 e. The van der Waals surface area contributed by atoms with Gasteiger partial charge in [0.1, 0.15) is 6.10 Å². The summed E-state index contributed by atoms with van der Waals surface area (Å²) in [5.41, 5.74) is 0. The Hall–Kier alpha value is -0.530. The topological polar surface area (TPSA) is 26.3 Å². The first-order chi connectivity index (χ1) is 6.18. The van der Waals surface area contributed by atoms with Gasteiger partial charge in [-0.05, 0) is 31.6 Å². The maximum Gasteiger partial charge on any atom is 0.302 e. The van der Waals surface area contributed by atoms with Gasteiger partial charge in [0.25, 0.3) is 0 Å². The van der Waals surface area contributed by atoms with Crippen molar-refractivity contribution in [1.82, 2.24) is 0 Å². The summed E-state index contributed by atoms with van der Waals surface area (Å²) < 4.78 is 5.10. The smallest absolute Gasteiger partial charge is 0.302 e. The zero-order valence-electron chi connectivity index (χ0n) is 9.30. The minimum atomic E-state index is -0.135. The Balaban J connectivity index is 0.000000671. The highest BCUT2D eigenvalue weighted by molar-refractivity contribution is 5.66. The fourth-order valence-corrected chi connectivity index (χ4v) is 1.58. The molecule has 1 rings (SSSR count). The monoisotopic (exact) mass is 186 g/mol. The van der Waals surface area contributed by atoms with Gasteiger partial charge in [0.15, 0.2) is 0 Å². The van der Waals surface area contributed by atoms with E-state index in [1.165, 1.54) is 19.8 Å². The molecule has 2 heteroatoms. The van der Waals surface area contributed by atoms with Gasteiger partial charge < -0.3 is 4.74 Å². The van der Waals surface area contributed by atoms with E-state index in [-0.39, 0.29) is 12.1 Å². The van der Waals surface area contributed by atoms with Crippen LogP contribution in [0.25, 0.3) is 0 Å². The molecule has 0 bridgehead atoms. The van der Waals surface area contributed by atoms with E-state index in [9.17, 15) is 4.79 Å². The predicted octanol–water partition coefficient (Wildman–Crippen LogP) is 3.15. The van der Waals surface area contributed by atoms with Crippen LogP contribution >= 0.6 is 0 Å². The van der Waals surface area contributed by atoms with Crippen LogP contribution in [0.1, 0.15) is 53.4 Å². The summed E-state index contributed by atoms with van der Waals surface area (Å²) >= 11 is 0. The average molecular weight is 186 g/mol. The predicted molar refractivity (Wildman–Crippen MR) is 54.5 cm³/mol. The summed E-state index contributed by atoms with van der Waals surface area (Å²) in [4.78, 5) is 10.6. The van der Waals surface area contributed by atoms with Gasteiger partial charge >= 0.3 is 5.97 Å². The quantitative estimate of drug-likeness (QED) is 0.588. The molecule has 0 aromatic heterocycles. The molecule has 1 aliphatic rings. The molecule has 0 aromatic rings. The highest BCUT2D eigenvalue weighted by atomic mass is 16.5. The van der Waals surface area contributed by atoms with Crippen molar-refractivity contribution < 1.29 is 9.53 Å². The zero-order valence-corrected chi connectivity index (χ0v) is 9.30. The lowest BCUT2D eigenvalue weighted by Gasteiger charge is -2.25. The number of hydrogen-bond acceptors (Lipinski definition) is 2. The molecule has 0 amide bonds. The van der Waals surface area contributed by atoms with Crippen molar-refractivity contribution in [2.75, 3.05) is 0 Å². The van der Waals surface area contributed by atoms with Crippen LogP contribution in [0.2, 0.25) is 0 Å². The third-order valence-corrected chi connectivity index (χ3v) is 2.30. The maximum absolute atomic E-state index is 10.6. The number of hydrogen-bond donors (Lipinski definition) is 0. The van der Waals surface area contributed by atoms with Gasteiger partial charge in [0, 0.05) is 6.92 Å². The van der Waals surface area contributed by atoms with Crippen molar-refractivity contribution in [2.24, 2.45) is 5.92 Å². The van der Waals surface area contributed by atoms with Crippen LogP contribution < -0.4 is 0 Å². The largest absolute Gasteiger partial charge is 0.463 e. The second kappa shape index (κ2) is 6.93. The van der Waals surface area contributed by atoms with Gasteiger partial charge in [-0.15, -0.1) is 0 Å². The van der Waals surface area contributed by atoms with Crippen LogP contribution in [0.3, 0.4) is 0 Å². The average Bonchev–Trinajstić information content (AvgIpc) is 2.12. The summed E-state index contributed by atoms with van der Waals surface area (Å²) in [5.74, 6) is 0.686. The molecule has 0 aliphatic heterocycles. The second-order valence-corrected chi connectivity index (χ2v) is 3.49. The van der Waals surface area contributed by atoms with E-state index in [2.05, 4.69) is 6.92 Å². The standard InChI is InChI=1S/C9H16O2.C2H6/c1-7-3-5-9(6-4-7)11-8(2)10;1-2/h7,9H,3-6H2,1-2H3;1-2H3. The fraction of sp³-hybridized carbons (Fsp3) is 0.909. The molecule has 1 saturated carbocycles. The third-order valence-electron chi connectivity index (χ3n) is 2.30. The summed E-state index contributed by atoms with van der Waals surface area (Å²) in [6.07, 6.45) is 4.74. The van der Waals surface area contributed by atoms with E-state index in [1.807, 2.05) is 13.8 Å². The van der Waals surface area contributed by atoms with Gasteiger partial charge in [0.05, 0.1) is 0 Å². The Morgan fingerprint density at radius 3 is 2.00 bits per heavy atom. The summed E-state index contributed by atoms with van der Waals surface area (Å²) in [7, 11) is 0. The Bertz CT molecular complexity index is 135. The molecule has 0 spiro atoms. The van der Waals surface area contributed by atoms with Gasteiger partial charge in [-0.25, -0.2) is 0 Å². The van der Waals surface area contributed by atoms with Crippen molar-refractivity contribution in [1.29, 1.82) is 0 Å². The molecule has 78 valence electrons. The molecular weight excluding hydrogens is 164 g/mol. The highest BCUT2D eigenvalue weighted by Gasteiger charge is 2.19. The van der Waals surface area contributed by atoms with Crippen molar-refractivity contribution >= 4 is 5.97 Å². The Kier molecular flexibility index (Phi) is 6.65. The molecule has 0 heterocycles. The van der Waals surface area contributed by atoms with Gasteiger partial charge in [0.2, 0.25) is 0 Å². The summed E-state index contributed by atoms with van der Waals surface area (Å²) in [5, 5.41) is 0. The lowest BCUT2D eigenvalue weighted by atomic mass is 9.89. The molecule has 0 unspecified atom stereocenters. The Morgan fingerprint density at radius 2 is 1.62 bits per heavy atom. The molecule has 0 aromatic carbocycles. The third kappa shape index (κ3) is 5.67. The van der Waals surface area contributed by atoms with Crippen molar-refractivity contribution in [3.05, 3.63) is 0 Å². The number of carbonyl (C=O) groups is 1. The minimum absolute atomic E-state index is 0.135. The summed E-state index contributed by atoms with van der Waals surface area (Å²) in [6.45, 7) is 7.74. The van der Waals surface area contributed by atoms with E-state index in [4.69, 9.17) is 4.74 Å². The second-order valence-electron chi connectivity index (χ2n) is 3.49. The van der Waals surface area contributed by atoms with Crippen molar-refractivity contribution in [2.45, 2.75) is 59.5 Å². The molecule has 0 atom stereocenters. The van der Waals surface area contributed by atoms with E-state index in [1.54, 1.807) is 0 Å². The zero-order chi connectivity index (χ0) is 10.3. The molecule has 0 radical (unpaired) electrons. The van der Waals surface area contributed by atoms with Crippen LogP contribution in [0, 0.1) is 5.92 Å². The summed E-state index contributed by atoms with van der Waals surface area (Å²) in [6, 6.07) is 0. The van der Waals surface area contributed by atoms with Gasteiger partial charge in [-0.3, -0.25) is 4.79 Å². The Labute approximate surface area is 81.7 Å². The molecule has 0 N–H and O–H groups in total. The molecular formula is C11H22O2. The molecule has 1 aliphatic carbocycles. The van der Waals surface area contributed by atoms with Crippen LogP contribution in [0.15, 0.2) is 0 Å². The Morgan fingerprint density at radius 1 is 1.15 bits per heavy atom. The molecule has 1 fully saturated rings. The first-order valence-electron chi connectivity index (χ1n) is 5.35. The number of ether oxygens (including phenoxy) is 1. The van der Waals surface area contributed by atoms with Crippen LogP contribution in [-0.2, 0) is 9.53 Å². The molecule has 0 saturated heterocycles. The lowest BCUT2D eigenvalue weighted by molar-refractivity contribution is -0.148. The van der Waals surface area contributed by atoms with Crippen LogP contribution in [-0.4, -0.2) is 12.1 Å². The van der Waals surface area contributed by atoms with Crippen LogP contribution in [0.4, 0.5) is 0 Å². The van der Waals surface area contributed by atoms with Gasteiger partial charge in [-0.1, -0.05) is 20.8 Å².